The van der Waals surface area contributed by atoms with Gasteiger partial charge in [-0.3, -0.25) is 4.79 Å². The fraction of sp³-hybridized carbons (Fsp3) is 0.500. The number of hydrogen-bond donors (Lipinski definition) is 2. The molecule has 2 aromatic heterocycles. The lowest BCUT2D eigenvalue weighted by atomic mass is 10.0. The molecule has 7 nitrogen and oxygen atoms in total. The molecule has 0 saturated heterocycles. The molecule has 100 valence electrons. The van der Waals surface area contributed by atoms with E-state index in [0.717, 1.165) is 18.2 Å². The van der Waals surface area contributed by atoms with Gasteiger partial charge in [0.2, 0.25) is 0 Å². The second kappa shape index (κ2) is 4.49. The Bertz CT molecular complexity index is 624. The van der Waals surface area contributed by atoms with Gasteiger partial charge >= 0.3 is 5.97 Å². The van der Waals surface area contributed by atoms with E-state index in [1.807, 2.05) is 6.92 Å². The van der Waals surface area contributed by atoms with Crippen LogP contribution in [0.25, 0.3) is 11.1 Å². The molecule has 2 heterocycles. The smallest absolute Gasteiger partial charge is 0.308 e. The number of rotatable bonds is 3. The molecule has 1 fully saturated rings. The van der Waals surface area contributed by atoms with Crippen molar-refractivity contribution in [3.63, 3.8) is 0 Å². The molecule has 0 amide bonds. The first-order valence-electron chi connectivity index (χ1n) is 6.23. The summed E-state index contributed by atoms with van der Waals surface area (Å²) in [5.74, 6) is -0.533. The maximum absolute atomic E-state index is 11.2. The highest BCUT2D eigenvalue weighted by Gasteiger charge is 2.33. The van der Waals surface area contributed by atoms with E-state index < -0.39 is 5.97 Å². The van der Waals surface area contributed by atoms with Crippen LogP contribution in [0.4, 0.5) is 5.82 Å². The van der Waals surface area contributed by atoms with Crippen LogP contribution in [0.1, 0.15) is 25.0 Å². The van der Waals surface area contributed by atoms with Gasteiger partial charge in [0, 0.05) is 6.04 Å². The molecule has 1 saturated carbocycles. The molecular formula is C12H14N4O3. The minimum atomic E-state index is -0.762. The molecule has 7 heteroatoms. The van der Waals surface area contributed by atoms with Crippen molar-refractivity contribution in [2.45, 2.75) is 32.2 Å². The molecule has 0 spiro atoms. The first kappa shape index (κ1) is 11.9. The lowest BCUT2D eigenvalue weighted by Crippen LogP contribution is -2.30. The molecule has 0 aliphatic heterocycles. The zero-order chi connectivity index (χ0) is 13.4. The van der Waals surface area contributed by atoms with E-state index in [9.17, 15) is 9.90 Å². The van der Waals surface area contributed by atoms with Gasteiger partial charge in [0.05, 0.1) is 11.6 Å². The van der Waals surface area contributed by atoms with Gasteiger partial charge < -0.3 is 14.9 Å². The highest BCUT2D eigenvalue weighted by Crippen LogP contribution is 2.31. The van der Waals surface area contributed by atoms with Crippen molar-refractivity contribution in [1.82, 2.24) is 15.1 Å². The van der Waals surface area contributed by atoms with Crippen LogP contribution in [-0.2, 0) is 4.79 Å². The molecule has 3 rings (SSSR count). The number of nitrogens with zero attached hydrogens (tertiary/aromatic N) is 3. The van der Waals surface area contributed by atoms with E-state index in [2.05, 4.69) is 20.4 Å². The van der Waals surface area contributed by atoms with Crippen LogP contribution in [0.15, 0.2) is 10.9 Å². The second-order valence-electron chi connectivity index (χ2n) is 4.80. The van der Waals surface area contributed by atoms with E-state index in [1.165, 1.54) is 6.33 Å². The second-order valence-corrected chi connectivity index (χ2v) is 4.80. The molecule has 2 N–H and O–H groups in total. The number of carbonyl (C=O) groups is 1. The normalized spacial score (nSPS) is 22.8. The fourth-order valence-electron chi connectivity index (χ4n) is 2.64. The zero-order valence-corrected chi connectivity index (χ0v) is 10.5. The summed E-state index contributed by atoms with van der Waals surface area (Å²) in [6.45, 7) is 1.81. The molecular weight excluding hydrogens is 248 g/mol. The SMILES string of the molecule is Cc1noc2ncnc(NC3CCCC3C(=O)O)c12. The van der Waals surface area contributed by atoms with Crippen LogP contribution in [0.2, 0.25) is 0 Å². The fourth-order valence-corrected chi connectivity index (χ4v) is 2.64. The van der Waals surface area contributed by atoms with Crippen LogP contribution >= 0.6 is 0 Å². The largest absolute Gasteiger partial charge is 0.481 e. The van der Waals surface area contributed by atoms with Crippen molar-refractivity contribution in [1.29, 1.82) is 0 Å². The third kappa shape index (κ3) is 2.00. The topological polar surface area (TPSA) is 101 Å². The Morgan fingerprint density at radius 3 is 3.11 bits per heavy atom. The number of aryl methyl sites for hydroxylation is 1. The van der Waals surface area contributed by atoms with E-state index in [0.29, 0.717) is 23.6 Å². The van der Waals surface area contributed by atoms with E-state index >= 15 is 0 Å². The van der Waals surface area contributed by atoms with Gasteiger partial charge in [-0.25, -0.2) is 4.98 Å². The van der Waals surface area contributed by atoms with Crippen molar-refractivity contribution in [3.8, 4) is 0 Å². The molecule has 2 atom stereocenters. The molecule has 0 radical (unpaired) electrons. The van der Waals surface area contributed by atoms with Gasteiger partial charge in [0.25, 0.3) is 5.71 Å². The average Bonchev–Trinajstić information content (AvgIpc) is 2.97. The Morgan fingerprint density at radius 2 is 2.32 bits per heavy atom. The monoisotopic (exact) mass is 262 g/mol. The summed E-state index contributed by atoms with van der Waals surface area (Å²) in [5.41, 5.74) is 1.11. The van der Waals surface area contributed by atoms with Crippen molar-refractivity contribution >= 4 is 22.9 Å². The first-order valence-corrected chi connectivity index (χ1v) is 6.23. The Hall–Kier alpha value is -2.18. The Balaban J connectivity index is 1.93. The molecule has 0 aromatic carbocycles. The molecule has 19 heavy (non-hydrogen) atoms. The number of carboxylic acids is 1. The van der Waals surface area contributed by atoms with Crippen molar-refractivity contribution in [2.24, 2.45) is 5.92 Å². The number of nitrogens with one attached hydrogen (secondary N) is 1. The van der Waals surface area contributed by atoms with Gasteiger partial charge in [-0.05, 0) is 19.8 Å². The van der Waals surface area contributed by atoms with Gasteiger partial charge in [0.15, 0.2) is 0 Å². The summed E-state index contributed by atoms with van der Waals surface area (Å²) in [6.07, 6.45) is 3.82. The van der Waals surface area contributed by atoms with Gasteiger partial charge in [-0.1, -0.05) is 11.6 Å². The minimum Gasteiger partial charge on any atom is -0.481 e. The third-order valence-electron chi connectivity index (χ3n) is 3.60. The maximum Gasteiger partial charge on any atom is 0.308 e. The quantitative estimate of drug-likeness (QED) is 0.866. The summed E-state index contributed by atoms with van der Waals surface area (Å²) in [7, 11) is 0. The van der Waals surface area contributed by atoms with Crippen LogP contribution in [-0.4, -0.2) is 32.2 Å². The number of carboxylic acid groups (broad SMARTS) is 1. The predicted molar refractivity (Wildman–Crippen MR) is 66.7 cm³/mol. The van der Waals surface area contributed by atoms with Crippen molar-refractivity contribution in [2.75, 3.05) is 5.32 Å². The van der Waals surface area contributed by atoms with Crippen LogP contribution in [0.3, 0.4) is 0 Å². The first-order chi connectivity index (χ1) is 9.16. The van der Waals surface area contributed by atoms with Crippen LogP contribution in [0, 0.1) is 12.8 Å². The zero-order valence-electron chi connectivity index (χ0n) is 10.5. The highest BCUT2D eigenvalue weighted by atomic mass is 16.5. The van der Waals surface area contributed by atoms with Crippen LogP contribution in [0.5, 0.6) is 0 Å². The summed E-state index contributed by atoms with van der Waals surface area (Å²) in [6, 6.07) is -0.107. The number of aromatic nitrogens is 3. The Kier molecular flexibility index (Phi) is 2.81. The average molecular weight is 262 g/mol. The number of aliphatic carboxylic acids is 1. The predicted octanol–water partition coefficient (Wildman–Crippen LogP) is 1.59. The standard InChI is InChI=1S/C12H14N4O3/c1-6-9-10(13-5-14-11(9)19-16-6)15-8-4-2-3-7(8)12(17)18/h5,7-8H,2-4H2,1H3,(H,17,18)(H,13,14,15). The third-order valence-corrected chi connectivity index (χ3v) is 3.60. The van der Waals surface area contributed by atoms with E-state index in [-0.39, 0.29) is 12.0 Å². The van der Waals surface area contributed by atoms with Gasteiger partial charge in [0.1, 0.15) is 17.5 Å². The Labute approximate surface area is 109 Å². The summed E-state index contributed by atoms with van der Waals surface area (Å²) in [5, 5.41) is 17.0. The van der Waals surface area contributed by atoms with Gasteiger partial charge in [-0.15, -0.1) is 0 Å². The molecule has 2 aromatic rings. The Morgan fingerprint density at radius 1 is 1.47 bits per heavy atom. The highest BCUT2D eigenvalue weighted by molar-refractivity contribution is 5.87. The molecule has 2 unspecified atom stereocenters. The maximum atomic E-state index is 11.2. The number of hydrogen-bond acceptors (Lipinski definition) is 6. The summed E-state index contributed by atoms with van der Waals surface area (Å²) < 4.78 is 5.07. The van der Waals surface area contributed by atoms with E-state index in [1.54, 1.807) is 0 Å². The summed E-state index contributed by atoms with van der Waals surface area (Å²) >= 11 is 0. The van der Waals surface area contributed by atoms with E-state index in [4.69, 9.17) is 4.52 Å². The lowest BCUT2D eigenvalue weighted by Gasteiger charge is -2.18. The summed E-state index contributed by atoms with van der Waals surface area (Å²) in [4.78, 5) is 19.4. The number of fused-ring (bicyclic) bond motifs is 1. The molecule has 1 aliphatic carbocycles. The van der Waals surface area contributed by atoms with Crippen molar-refractivity contribution in [3.05, 3.63) is 12.0 Å². The van der Waals surface area contributed by atoms with Crippen molar-refractivity contribution < 1.29 is 14.4 Å². The van der Waals surface area contributed by atoms with Crippen LogP contribution < -0.4 is 5.32 Å². The lowest BCUT2D eigenvalue weighted by molar-refractivity contribution is -0.141. The number of anilines is 1. The molecule has 0 bridgehead atoms. The molecule has 1 aliphatic rings. The minimum absolute atomic E-state index is 0.107. The van der Waals surface area contributed by atoms with Gasteiger partial charge in [-0.2, -0.15) is 4.98 Å².